The Morgan fingerprint density at radius 3 is 2.76 bits per heavy atom. The van der Waals surface area contributed by atoms with Gasteiger partial charge in [-0.1, -0.05) is 6.92 Å². The van der Waals surface area contributed by atoms with Gasteiger partial charge in [0.1, 0.15) is 23.7 Å². The number of hydrogen-bond acceptors (Lipinski definition) is 6. The van der Waals surface area contributed by atoms with Crippen LogP contribution in [-0.2, 0) is 17.8 Å². The SMILES string of the molecule is CCc1nc(COc2cc(OC)ccc2C(=O)OC)cs1. The van der Waals surface area contributed by atoms with Gasteiger partial charge in [-0.2, -0.15) is 0 Å². The molecule has 0 fully saturated rings. The highest BCUT2D eigenvalue weighted by molar-refractivity contribution is 7.09. The predicted molar refractivity (Wildman–Crippen MR) is 80.2 cm³/mol. The van der Waals surface area contributed by atoms with Crippen LogP contribution < -0.4 is 9.47 Å². The summed E-state index contributed by atoms with van der Waals surface area (Å²) in [6.07, 6.45) is 0.900. The number of aromatic nitrogens is 1. The first-order valence-electron chi connectivity index (χ1n) is 6.50. The minimum atomic E-state index is -0.444. The van der Waals surface area contributed by atoms with Crippen LogP contribution in [0.3, 0.4) is 0 Å². The van der Waals surface area contributed by atoms with Crippen LogP contribution >= 0.6 is 11.3 Å². The maximum absolute atomic E-state index is 11.7. The van der Waals surface area contributed by atoms with E-state index in [2.05, 4.69) is 11.9 Å². The molecule has 0 aliphatic rings. The first-order valence-corrected chi connectivity index (χ1v) is 7.38. The predicted octanol–water partition coefficient (Wildman–Crippen LogP) is 3.08. The normalized spacial score (nSPS) is 10.2. The number of rotatable bonds is 6. The van der Waals surface area contributed by atoms with Gasteiger partial charge in [-0.3, -0.25) is 0 Å². The van der Waals surface area contributed by atoms with Crippen LogP contribution in [0.25, 0.3) is 0 Å². The molecule has 0 unspecified atom stereocenters. The van der Waals surface area contributed by atoms with E-state index in [-0.39, 0.29) is 0 Å². The lowest BCUT2D eigenvalue weighted by Gasteiger charge is -2.11. The van der Waals surface area contributed by atoms with Crippen molar-refractivity contribution in [1.82, 2.24) is 4.98 Å². The fraction of sp³-hybridized carbons (Fsp3) is 0.333. The number of benzene rings is 1. The minimum Gasteiger partial charge on any atom is -0.497 e. The Hall–Kier alpha value is -2.08. The molecule has 0 aliphatic heterocycles. The zero-order valence-electron chi connectivity index (χ0n) is 12.2. The standard InChI is InChI=1S/C15H17NO4S/c1-4-14-16-10(9-21-14)8-20-13-7-11(18-2)5-6-12(13)15(17)19-3/h5-7,9H,4,8H2,1-3H3. The van der Waals surface area contributed by atoms with Crippen molar-refractivity contribution in [2.45, 2.75) is 20.0 Å². The highest BCUT2D eigenvalue weighted by atomic mass is 32.1. The molecule has 2 aromatic rings. The molecular formula is C15H17NO4S. The molecule has 0 radical (unpaired) electrons. The molecule has 0 saturated carbocycles. The Morgan fingerprint density at radius 2 is 2.14 bits per heavy atom. The number of nitrogens with zero attached hydrogens (tertiary/aromatic N) is 1. The Morgan fingerprint density at radius 1 is 1.33 bits per heavy atom. The second-order valence-corrected chi connectivity index (χ2v) is 5.17. The van der Waals surface area contributed by atoms with Gasteiger partial charge in [0.25, 0.3) is 0 Å². The lowest BCUT2D eigenvalue weighted by Crippen LogP contribution is -2.06. The number of aryl methyl sites for hydroxylation is 1. The van der Waals surface area contributed by atoms with Crippen molar-refractivity contribution in [3.8, 4) is 11.5 Å². The number of methoxy groups -OCH3 is 2. The molecule has 1 heterocycles. The Bertz CT molecular complexity index is 624. The lowest BCUT2D eigenvalue weighted by atomic mass is 10.2. The van der Waals surface area contributed by atoms with Crippen molar-refractivity contribution in [1.29, 1.82) is 0 Å². The molecule has 0 spiro atoms. The summed E-state index contributed by atoms with van der Waals surface area (Å²) in [6, 6.07) is 4.98. The molecule has 0 aliphatic carbocycles. The zero-order valence-corrected chi connectivity index (χ0v) is 13.0. The van der Waals surface area contributed by atoms with Gasteiger partial charge in [0.05, 0.1) is 24.9 Å². The van der Waals surface area contributed by atoms with Crippen molar-refractivity contribution in [3.63, 3.8) is 0 Å². The van der Waals surface area contributed by atoms with Crippen LogP contribution in [-0.4, -0.2) is 25.2 Å². The summed E-state index contributed by atoms with van der Waals surface area (Å²) < 4.78 is 15.6. The van der Waals surface area contributed by atoms with Crippen LogP contribution in [0, 0.1) is 0 Å². The minimum absolute atomic E-state index is 0.299. The van der Waals surface area contributed by atoms with Crippen molar-refractivity contribution in [3.05, 3.63) is 39.8 Å². The number of carbonyl (C=O) groups excluding carboxylic acids is 1. The van der Waals surface area contributed by atoms with E-state index in [4.69, 9.17) is 14.2 Å². The summed E-state index contributed by atoms with van der Waals surface area (Å²) >= 11 is 1.60. The molecule has 5 nitrogen and oxygen atoms in total. The van der Waals surface area contributed by atoms with E-state index in [9.17, 15) is 4.79 Å². The summed E-state index contributed by atoms with van der Waals surface area (Å²) in [7, 11) is 2.90. The summed E-state index contributed by atoms with van der Waals surface area (Å²) in [4.78, 5) is 16.2. The topological polar surface area (TPSA) is 57.7 Å². The fourth-order valence-corrected chi connectivity index (χ4v) is 2.49. The van der Waals surface area contributed by atoms with E-state index in [0.29, 0.717) is 23.7 Å². The Kier molecular flexibility index (Phi) is 5.16. The third kappa shape index (κ3) is 3.72. The van der Waals surface area contributed by atoms with E-state index < -0.39 is 5.97 Å². The molecule has 1 aromatic carbocycles. The van der Waals surface area contributed by atoms with Gasteiger partial charge >= 0.3 is 5.97 Å². The fourth-order valence-electron chi connectivity index (χ4n) is 1.76. The monoisotopic (exact) mass is 307 g/mol. The van der Waals surface area contributed by atoms with Gasteiger partial charge in [-0.15, -0.1) is 11.3 Å². The maximum atomic E-state index is 11.7. The van der Waals surface area contributed by atoms with Crippen LogP contribution in [0.4, 0.5) is 0 Å². The molecule has 6 heteroatoms. The van der Waals surface area contributed by atoms with E-state index in [1.807, 2.05) is 5.38 Å². The van der Waals surface area contributed by atoms with Crippen molar-refractivity contribution >= 4 is 17.3 Å². The van der Waals surface area contributed by atoms with E-state index >= 15 is 0 Å². The highest BCUT2D eigenvalue weighted by Gasteiger charge is 2.14. The molecule has 0 saturated heterocycles. The summed E-state index contributed by atoms with van der Waals surface area (Å²) in [6.45, 7) is 2.36. The number of thiazole rings is 1. The average Bonchev–Trinajstić information content (AvgIpc) is 3.00. The average molecular weight is 307 g/mol. The first-order chi connectivity index (χ1) is 10.2. The molecule has 0 bridgehead atoms. The smallest absolute Gasteiger partial charge is 0.341 e. The largest absolute Gasteiger partial charge is 0.497 e. The summed E-state index contributed by atoms with van der Waals surface area (Å²) in [5.74, 6) is 0.595. The van der Waals surface area contributed by atoms with Gasteiger partial charge in [0.15, 0.2) is 0 Å². The van der Waals surface area contributed by atoms with Gasteiger partial charge in [0.2, 0.25) is 0 Å². The van der Waals surface area contributed by atoms with Crippen LogP contribution in [0.15, 0.2) is 23.6 Å². The van der Waals surface area contributed by atoms with E-state index in [1.54, 1.807) is 36.6 Å². The molecule has 21 heavy (non-hydrogen) atoms. The highest BCUT2D eigenvalue weighted by Crippen LogP contribution is 2.26. The van der Waals surface area contributed by atoms with Gasteiger partial charge in [0, 0.05) is 11.4 Å². The number of esters is 1. The molecular weight excluding hydrogens is 290 g/mol. The number of hydrogen-bond donors (Lipinski definition) is 0. The van der Waals surface area contributed by atoms with Crippen molar-refractivity contribution in [2.75, 3.05) is 14.2 Å². The van der Waals surface area contributed by atoms with Gasteiger partial charge in [-0.05, 0) is 18.6 Å². The third-order valence-corrected chi connectivity index (χ3v) is 3.91. The molecule has 0 N–H and O–H groups in total. The molecule has 0 atom stereocenters. The van der Waals surface area contributed by atoms with Crippen molar-refractivity contribution in [2.24, 2.45) is 0 Å². The number of carbonyl (C=O) groups is 1. The molecule has 2 rings (SSSR count). The number of ether oxygens (including phenoxy) is 3. The molecule has 0 amide bonds. The quantitative estimate of drug-likeness (QED) is 0.768. The van der Waals surface area contributed by atoms with Crippen molar-refractivity contribution < 1.29 is 19.0 Å². The Balaban J connectivity index is 2.18. The van der Waals surface area contributed by atoms with Crippen LogP contribution in [0.5, 0.6) is 11.5 Å². The lowest BCUT2D eigenvalue weighted by molar-refractivity contribution is 0.0595. The van der Waals surface area contributed by atoms with Crippen LogP contribution in [0.2, 0.25) is 0 Å². The zero-order chi connectivity index (χ0) is 15.2. The van der Waals surface area contributed by atoms with Gasteiger partial charge in [-0.25, -0.2) is 9.78 Å². The Labute approximate surface area is 127 Å². The first kappa shape index (κ1) is 15.3. The third-order valence-electron chi connectivity index (χ3n) is 2.87. The summed E-state index contributed by atoms with van der Waals surface area (Å²) in [5, 5.41) is 3.02. The van der Waals surface area contributed by atoms with E-state index in [0.717, 1.165) is 17.1 Å². The van der Waals surface area contributed by atoms with Gasteiger partial charge < -0.3 is 14.2 Å². The second kappa shape index (κ2) is 7.08. The molecule has 112 valence electrons. The maximum Gasteiger partial charge on any atom is 0.341 e. The second-order valence-electron chi connectivity index (χ2n) is 4.23. The summed E-state index contributed by atoms with van der Waals surface area (Å²) in [5.41, 5.74) is 1.21. The van der Waals surface area contributed by atoms with Crippen LogP contribution in [0.1, 0.15) is 28.0 Å². The van der Waals surface area contributed by atoms with E-state index in [1.165, 1.54) is 7.11 Å². The molecule has 1 aromatic heterocycles.